The second-order valence-corrected chi connectivity index (χ2v) is 5.04. The summed E-state index contributed by atoms with van der Waals surface area (Å²) in [5.41, 5.74) is 7.30. The molecule has 0 fully saturated rings. The lowest BCUT2D eigenvalue weighted by molar-refractivity contribution is 0.0963. The molecule has 3 rings (SSSR count). The van der Waals surface area contributed by atoms with Crippen LogP contribution >= 0.6 is 11.6 Å². The third-order valence-electron chi connectivity index (χ3n) is 3.11. The molecule has 0 aliphatic heterocycles. The number of aromatic nitrogens is 4. The van der Waals surface area contributed by atoms with Gasteiger partial charge in [0.2, 0.25) is 12.3 Å². The minimum atomic E-state index is -0.268. The number of halogens is 1. The van der Waals surface area contributed by atoms with Crippen molar-refractivity contribution in [2.75, 3.05) is 18.1 Å². The predicted octanol–water partition coefficient (Wildman–Crippen LogP) is 1.87. The van der Waals surface area contributed by atoms with E-state index in [1.807, 2.05) is 0 Å². The van der Waals surface area contributed by atoms with E-state index >= 15 is 0 Å². The number of hydrogen-bond acceptors (Lipinski definition) is 8. The van der Waals surface area contributed by atoms with Gasteiger partial charge in [-0.15, -0.1) is 10.2 Å². The molecule has 1 aromatic carbocycles. The Kier molecular flexibility index (Phi) is 4.25. The van der Waals surface area contributed by atoms with Gasteiger partial charge in [0, 0.05) is 18.9 Å². The van der Waals surface area contributed by atoms with Crippen LogP contribution in [0, 0.1) is 0 Å². The molecule has 24 heavy (non-hydrogen) atoms. The first-order valence-electron chi connectivity index (χ1n) is 6.76. The molecule has 122 valence electrons. The number of carbonyl (C=O) groups is 1. The van der Waals surface area contributed by atoms with Gasteiger partial charge >= 0.3 is 0 Å². The molecule has 0 aliphatic carbocycles. The molecule has 10 heteroatoms. The molecule has 0 radical (unpaired) electrons. The van der Waals surface area contributed by atoms with Crippen LogP contribution in [0.3, 0.4) is 0 Å². The summed E-state index contributed by atoms with van der Waals surface area (Å²) >= 11 is 6.10. The quantitative estimate of drug-likeness (QED) is 0.652. The maximum absolute atomic E-state index is 11.6. The van der Waals surface area contributed by atoms with Gasteiger partial charge in [-0.05, 0) is 18.2 Å². The van der Waals surface area contributed by atoms with E-state index in [9.17, 15) is 4.79 Å². The highest BCUT2D eigenvalue weighted by Gasteiger charge is 2.12. The molecule has 2 heterocycles. The van der Waals surface area contributed by atoms with Crippen LogP contribution in [0.1, 0.15) is 10.4 Å². The number of anilines is 3. The molecular formula is C14H12ClN7O2. The second-order valence-electron chi connectivity index (χ2n) is 4.64. The van der Waals surface area contributed by atoms with Crippen molar-refractivity contribution in [2.45, 2.75) is 0 Å². The number of amides is 1. The fourth-order valence-electron chi connectivity index (χ4n) is 1.95. The molecule has 0 atom stereocenters. The highest BCUT2D eigenvalue weighted by Crippen LogP contribution is 2.25. The Morgan fingerprint density at radius 2 is 2.21 bits per heavy atom. The van der Waals surface area contributed by atoms with E-state index in [1.54, 1.807) is 18.2 Å². The Bertz CT molecular complexity index is 883. The minimum absolute atomic E-state index is 0.185. The smallest absolute Gasteiger partial charge is 0.252 e. The van der Waals surface area contributed by atoms with Crippen LogP contribution in [0.4, 0.5) is 17.5 Å². The maximum Gasteiger partial charge on any atom is 0.252 e. The lowest BCUT2D eigenvalue weighted by Gasteiger charge is -2.09. The zero-order chi connectivity index (χ0) is 17.1. The summed E-state index contributed by atoms with van der Waals surface area (Å²) in [6, 6.07) is 4.87. The fourth-order valence-corrected chi connectivity index (χ4v) is 2.22. The van der Waals surface area contributed by atoms with Gasteiger partial charge < -0.3 is 20.8 Å². The number of carbonyl (C=O) groups excluding carboxylic acids is 1. The van der Waals surface area contributed by atoms with Crippen molar-refractivity contribution >= 4 is 35.0 Å². The van der Waals surface area contributed by atoms with Crippen molar-refractivity contribution in [1.29, 1.82) is 0 Å². The standard InChI is InChI=1S/C14H12ClN7O2/c1-17-12(23)8-3-2-7(4-10(8)15)20-14-18-5-9(11(16)21-14)13-22-19-6-24-13/h2-6H,1H3,(H,17,23)(H3,16,18,20,21). The highest BCUT2D eigenvalue weighted by molar-refractivity contribution is 6.34. The number of nitrogen functional groups attached to an aromatic ring is 1. The molecule has 0 spiro atoms. The van der Waals surface area contributed by atoms with Crippen molar-refractivity contribution in [2.24, 2.45) is 0 Å². The Morgan fingerprint density at radius 1 is 1.38 bits per heavy atom. The Morgan fingerprint density at radius 3 is 2.83 bits per heavy atom. The number of benzene rings is 1. The predicted molar refractivity (Wildman–Crippen MR) is 87.9 cm³/mol. The van der Waals surface area contributed by atoms with Crippen LogP contribution in [0.5, 0.6) is 0 Å². The first-order chi connectivity index (χ1) is 11.6. The zero-order valence-corrected chi connectivity index (χ0v) is 13.2. The van der Waals surface area contributed by atoms with Gasteiger partial charge in [0.15, 0.2) is 0 Å². The van der Waals surface area contributed by atoms with Crippen molar-refractivity contribution in [3.05, 3.63) is 41.4 Å². The van der Waals surface area contributed by atoms with Gasteiger partial charge in [0.25, 0.3) is 11.8 Å². The molecule has 0 saturated heterocycles. The van der Waals surface area contributed by atoms with Crippen LogP contribution in [-0.4, -0.2) is 33.1 Å². The summed E-state index contributed by atoms with van der Waals surface area (Å²) in [5, 5.41) is 13.1. The van der Waals surface area contributed by atoms with Crippen molar-refractivity contribution in [3.63, 3.8) is 0 Å². The Hall–Kier alpha value is -3.20. The molecule has 9 nitrogen and oxygen atoms in total. The van der Waals surface area contributed by atoms with Crippen molar-refractivity contribution < 1.29 is 9.21 Å². The van der Waals surface area contributed by atoms with Gasteiger partial charge in [-0.1, -0.05) is 11.6 Å². The maximum atomic E-state index is 11.6. The molecule has 0 saturated carbocycles. The lowest BCUT2D eigenvalue weighted by atomic mass is 10.2. The highest BCUT2D eigenvalue weighted by atomic mass is 35.5. The SMILES string of the molecule is CNC(=O)c1ccc(Nc2ncc(-c3nnco3)c(N)n2)cc1Cl. The van der Waals surface area contributed by atoms with E-state index in [4.69, 9.17) is 21.8 Å². The third-order valence-corrected chi connectivity index (χ3v) is 3.42. The van der Waals surface area contributed by atoms with E-state index in [2.05, 4.69) is 30.8 Å². The van der Waals surface area contributed by atoms with E-state index in [0.717, 1.165) is 0 Å². The largest absolute Gasteiger partial charge is 0.423 e. The molecule has 1 amide bonds. The molecule has 2 aromatic heterocycles. The van der Waals surface area contributed by atoms with Crippen LogP contribution < -0.4 is 16.4 Å². The first kappa shape index (κ1) is 15.7. The molecule has 4 N–H and O–H groups in total. The number of hydrogen-bond donors (Lipinski definition) is 3. The average Bonchev–Trinajstić information content (AvgIpc) is 3.08. The van der Waals surface area contributed by atoms with E-state index in [1.165, 1.54) is 19.6 Å². The van der Waals surface area contributed by atoms with Crippen LogP contribution in [0.25, 0.3) is 11.5 Å². The van der Waals surface area contributed by atoms with Crippen molar-refractivity contribution in [3.8, 4) is 11.5 Å². The van der Waals surface area contributed by atoms with Crippen LogP contribution in [0.2, 0.25) is 5.02 Å². The summed E-state index contributed by atoms with van der Waals surface area (Å²) in [4.78, 5) is 19.9. The molecule has 3 aromatic rings. The van der Waals surface area contributed by atoms with Gasteiger partial charge in [0.1, 0.15) is 5.82 Å². The Labute approximate surface area is 141 Å². The minimum Gasteiger partial charge on any atom is -0.423 e. The fraction of sp³-hybridized carbons (Fsp3) is 0.0714. The first-order valence-corrected chi connectivity index (χ1v) is 7.14. The summed E-state index contributed by atoms with van der Waals surface area (Å²) in [6.07, 6.45) is 2.66. The van der Waals surface area contributed by atoms with Gasteiger partial charge in [-0.25, -0.2) is 4.98 Å². The topological polar surface area (TPSA) is 132 Å². The monoisotopic (exact) mass is 345 g/mol. The summed E-state index contributed by atoms with van der Waals surface area (Å²) < 4.78 is 5.06. The number of nitrogens with one attached hydrogen (secondary N) is 2. The average molecular weight is 346 g/mol. The summed E-state index contributed by atoms with van der Waals surface area (Å²) in [6.45, 7) is 0. The van der Waals surface area contributed by atoms with Crippen LogP contribution in [0.15, 0.2) is 35.2 Å². The lowest BCUT2D eigenvalue weighted by Crippen LogP contribution is -2.18. The summed E-state index contributed by atoms with van der Waals surface area (Å²) in [5.74, 6) is 0.414. The summed E-state index contributed by atoms with van der Waals surface area (Å²) in [7, 11) is 1.53. The van der Waals surface area contributed by atoms with Gasteiger partial charge in [-0.2, -0.15) is 4.98 Å². The molecule has 0 bridgehead atoms. The van der Waals surface area contributed by atoms with Crippen molar-refractivity contribution in [1.82, 2.24) is 25.5 Å². The van der Waals surface area contributed by atoms with Crippen LogP contribution in [-0.2, 0) is 0 Å². The van der Waals surface area contributed by atoms with Gasteiger partial charge in [0.05, 0.1) is 16.1 Å². The molecular weight excluding hydrogens is 334 g/mol. The molecule has 0 unspecified atom stereocenters. The number of nitrogens with zero attached hydrogens (tertiary/aromatic N) is 4. The van der Waals surface area contributed by atoms with Gasteiger partial charge in [-0.3, -0.25) is 4.79 Å². The second kappa shape index (κ2) is 6.50. The zero-order valence-electron chi connectivity index (χ0n) is 12.4. The Balaban J connectivity index is 1.83. The number of nitrogens with two attached hydrogens (primary N) is 1. The van der Waals surface area contributed by atoms with E-state index < -0.39 is 0 Å². The third kappa shape index (κ3) is 3.10. The molecule has 0 aliphatic rings. The van der Waals surface area contributed by atoms with E-state index in [0.29, 0.717) is 21.8 Å². The normalized spacial score (nSPS) is 10.4. The number of rotatable bonds is 4. The van der Waals surface area contributed by atoms with E-state index in [-0.39, 0.29) is 23.6 Å².